The first-order valence-corrected chi connectivity index (χ1v) is 6.50. The Morgan fingerprint density at radius 1 is 1.39 bits per heavy atom. The van der Waals surface area contributed by atoms with Crippen LogP contribution in [0.4, 0.5) is 6.01 Å². The first-order chi connectivity index (χ1) is 8.72. The van der Waals surface area contributed by atoms with Gasteiger partial charge < -0.3 is 14.5 Å². The van der Waals surface area contributed by atoms with Crippen LogP contribution in [0.5, 0.6) is 5.75 Å². The van der Waals surface area contributed by atoms with Crippen LogP contribution in [0.25, 0.3) is 0 Å². The molecule has 0 bridgehead atoms. The molecule has 3 rings (SSSR count). The summed E-state index contributed by atoms with van der Waals surface area (Å²) in [5.74, 6) is 1.52. The highest BCUT2D eigenvalue weighted by atomic mass is 79.9. The molecule has 1 aromatic heterocycles. The van der Waals surface area contributed by atoms with Gasteiger partial charge in [0.2, 0.25) is 5.89 Å². The van der Waals surface area contributed by atoms with Crippen LogP contribution in [0.3, 0.4) is 0 Å². The molecule has 2 aromatic rings. The minimum absolute atomic E-state index is 0.430. The molecule has 0 amide bonds. The van der Waals surface area contributed by atoms with Crippen molar-refractivity contribution in [2.24, 2.45) is 0 Å². The maximum atomic E-state index is 5.65. The predicted molar refractivity (Wildman–Crippen MR) is 69.7 cm³/mol. The van der Waals surface area contributed by atoms with Crippen LogP contribution in [0.15, 0.2) is 21.0 Å². The van der Waals surface area contributed by atoms with Gasteiger partial charge in [-0.1, -0.05) is 21.0 Å². The zero-order valence-corrected chi connectivity index (χ0v) is 11.5. The molecule has 0 radical (unpaired) electrons. The summed E-state index contributed by atoms with van der Waals surface area (Å²) in [6.07, 6.45) is 0.960. The minimum Gasteiger partial charge on any atom is -0.493 e. The molecule has 0 fully saturated rings. The third-order valence-electron chi connectivity index (χ3n) is 2.78. The lowest BCUT2D eigenvalue weighted by atomic mass is 10.1. The second kappa shape index (κ2) is 4.61. The number of benzene rings is 1. The molecule has 0 saturated carbocycles. The van der Waals surface area contributed by atoms with Gasteiger partial charge in [0.25, 0.3) is 0 Å². The van der Waals surface area contributed by atoms with Gasteiger partial charge in [-0.3, -0.25) is 0 Å². The van der Waals surface area contributed by atoms with Crippen molar-refractivity contribution in [2.75, 3.05) is 11.9 Å². The summed E-state index contributed by atoms with van der Waals surface area (Å²) in [5, 5.41) is 10.8. The van der Waals surface area contributed by atoms with E-state index < -0.39 is 0 Å². The molecule has 0 aliphatic carbocycles. The van der Waals surface area contributed by atoms with Crippen molar-refractivity contribution in [1.29, 1.82) is 0 Å². The Labute approximate surface area is 113 Å². The number of hydrogen-bond acceptors (Lipinski definition) is 5. The van der Waals surface area contributed by atoms with Crippen molar-refractivity contribution in [3.05, 3.63) is 33.6 Å². The van der Waals surface area contributed by atoms with E-state index in [4.69, 9.17) is 9.15 Å². The standard InChI is InChI=1S/C12H12BrN3O2/c1-7-15-16-12(18-7)14-6-9-5-10(13)4-8-2-3-17-11(8)9/h4-5H,2-3,6H2,1H3,(H,14,16). The Balaban J connectivity index is 1.80. The summed E-state index contributed by atoms with van der Waals surface area (Å²) >= 11 is 3.51. The second-order valence-corrected chi connectivity index (χ2v) is 5.05. The van der Waals surface area contributed by atoms with Crippen LogP contribution in [0.2, 0.25) is 0 Å². The van der Waals surface area contributed by atoms with Gasteiger partial charge >= 0.3 is 6.01 Å². The summed E-state index contributed by atoms with van der Waals surface area (Å²) in [6, 6.07) is 4.57. The molecule has 0 unspecified atom stereocenters. The lowest BCUT2D eigenvalue weighted by molar-refractivity contribution is 0.353. The van der Waals surface area contributed by atoms with Gasteiger partial charge in [0.15, 0.2) is 0 Å². The largest absolute Gasteiger partial charge is 0.493 e. The second-order valence-electron chi connectivity index (χ2n) is 4.13. The average molecular weight is 310 g/mol. The number of anilines is 1. The van der Waals surface area contributed by atoms with Crippen molar-refractivity contribution in [2.45, 2.75) is 19.9 Å². The van der Waals surface area contributed by atoms with Gasteiger partial charge in [-0.15, -0.1) is 5.10 Å². The van der Waals surface area contributed by atoms with Crippen molar-refractivity contribution in [3.8, 4) is 5.75 Å². The van der Waals surface area contributed by atoms with Crippen LogP contribution < -0.4 is 10.1 Å². The number of nitrogens with one attached hydrogen (secondary N) is 1. The molecule has 6 heteroatoms. The molecular formula is C12H12BrN3O2. The highest BCUT2D eigenvalue weighted by molar-refractivity contribution is 9.10. The van der Waals surface area contributed by atoms with Crippen LogP contribution >= 0.6 is 15.9 Å². The molecule has 5 nitrogen and oxygen atoms in total. The van der Waals surface area contributed by atoms with Gasteiger partial charge in [0, 0.05) is 29.9 Å². The molecule has 1 aromatic carbocycles. The van der Waals surface area contributed by atoms with E-state index in [0.717, 1.165) is 28.8 Å². The van der Waals surface area contributed by atoms with Crippen LogP contribution in [0.1, 0.15) is 17.0 Å². The van der Waals surface area contributed by atoms with E-state index in [2.05, 4.69) is 37.5 Å². The van der Waals surface area contributed by atoms with Gasteiger partial charge in [0.1, 0.15) is 5.75 Å². The molecule has 0 saturated heterocycles. The average Bonchev–Trinajstić information content (AvgIpc) is 2.94. The number of hydrogen-bond donors (Lipinski definition) is 1. The summed E-state index contributed by atoms with van der Waals surface area (Å²) in [7, 11) is 0. The van der Waals surface area contributed by atoms with E-state index in [9.17, 15) is 0 Å². The summed E-state index contributed by atoms with van der Waals surface area (Å²) in [6.45, 7) is 3.11. The van der Waals surface area contributed by atoms with Gasteiger partial charge in [0.05, 0.1) is 6.61 Å². The normalized spacial score (nSPS) is 13.2. The smallest absolute Gasteiger partial charge is 0.315 e. The Hall–Kier alpha value is -1.56. The number of ether oxygens (including phenoxy) is 1. The molecule has 1 aliphatic rings. The molecular weight excluding hydrogens is 298 g/mol. The molecule has 1 aliphatic heterocycles. The van der Waals surface area contributed by atoms with Crippen molar-refractivity contribution in [3.63, 3.8) is 0 Å². The van der Waals surface area contributed by atoms with Crippen molar-refractivity contribution in [1.82, 2.24) is 10.2 Å². The number of aryl methyl sites for hydroxylation is 1. The zero-order chi connectivity index (χ0) is 12.5. The van der Waals surface area contributed by atoms with E-state index in [1.165, 1.54) is 5.56 Å². The van der Waals surface area contributed by atoms with Gasteiger partial charge in [-0.2, -0.15) is 0 Å². The molecule has 0 spiro atoms. The Kier molecular flexibility index (Phi) is 2.95. The van der Waals surface area contributed by atoms with Crippen molar-refractivity contribution >= 4 is 21.9 Å². The molecule has 2 heterocycles. The topological polar surface area (TPSA) is 60.2 Å². The van der Waals surface area contributed by atoms with Crippen molar-refractivity contribution < 1.29 is 9.15 Å². The van der Waals surface area contributed by atoms with E-state index in [0.29, 0.717) is 18.5 Å². The summed E-state index contributed by atoms with van der Waals surface area (Å²) in [5.41, 5.74) is 2.33. The fraction of sp³-hybridized carbons (Fsp3) is 0.333. The first kappa shape index (κ1) is 11.5. The monoisotopic (exact) mass is 309 g/mol. The maximum absolute atomic E-state index is 5.65. The molecule has 1 N–H and O–H groups in total. The fourth-order valence-electron chi connectivity index (χ4n) is 2.02. The van der Waals surface area contributed by atoms with Gasteiger partial charge in [-0.25, -0.2) is 0 Å². The third-order valence-corrected chi connectivity index (χ3v) is 3.24. The number of halogens is 1. The Morgan fingerprint density at radius 3 is 3.06 bits per heavy atom. The van der Waals surface area contributed by atoms with E-state index in [1.807, 2.05) is 6.07 Å². The summed E-state index contributed by atoms with van der Waals surface area (Å²) in [4.78, 5) is 0. The maximum Gasteiger partial charge on any atom is 0.315 e. The summed E-state index contributed by atoms with van der Waals surface area (Å²) < 4.78 is 12.0. The van der Waals surface area contributed by atoms with Crippen LogP contribution in [-0.2, 0) is 13.0 Å². The fourth-order valence-corrected chi connectivity index (χ4v) is 2.57. The number of aromatic nitrogens is 2. The zero-order valence-electron chi connectivity index (χ0n) is 9.86. The SMILES string of the molecule is Cc1nnc(NCc2cc(Br)cc3c2OCC3)o1. The van der Waals surface area contributed by atoms with E-state index >= 15 is 0 Å². The van der Waals surface area contributed by atoms with E-state index in [1.54, 1.807) is 6.92 Å². The number of fused-ring (bicyclic) bond motifs is 1. The highest BCUT2D eigenvalue weighted by Gasteiger charge is 2.17. The number of rotatable bonds is 3. The molecule has 18 heavy (non-hydrogen) atoms. The lowest BCUT2D eigenvalue weighted by Gasteiger charge is -2.09. The third kappa shape index (κ3) is 2.20. The predicted octanol–water partition coefficient (Wildman–Crippen LogP) is 2.69. The lowest BCUT2D eigenvalue weighted by Crippen LogP contribution is -2.02. The Bertz CT molecular complexity index is 583. The van der Waals surface area contributed by atoms with Crippen LogP contribution in [-0.4, -0.2) is 16.8 Å². The quantitative estimate of drug-likeness (QED) is 0.944. The van der Waals surface area contributed by atoms with E-state index in [-0.39, 0.29) is 0 Å². The van der Waals surface area contributed by atoms with Crippen LogP contribution in [0, 0.1) is 6.92 Å². The first-order valence-electron chi connectivity index (χ1n) is 5.70. The highest BCUT2D eigenvalue weighted by Crippen LogP contribution is 2.33. The molecule has 0 atom stereocenters. The minimum atomic E-state index is 0.430. The Morgan fingerprint density at radius 2 is 2.28 bits per heavy atom. The van der Waals surface area contributed by atoms with Gasteiger partial charge in [-0.05, 0) is 17.7 Å². The molecule has 94 valence electrons. The number of nitrogens with zero attached hydrogens (tertiary/aromatic N) is 2.